The first-order valence-electron chi connectivity index (χ1n) is 11.6. The number of benzene rings is 1. The van der Waals surface area contributed by atoms with Crippen molar-refractivity contribution in [2.75, 3.05) is 20.2 Å². The lowest BCUT2D eigenvalue weighted by Crippen LogP contribution is -2.51. The minimum atomic E-state index is -0.236. The number of pyridine rings is 1. The second-order valence-electron chi connectivity index (χ2n) is 9.40. The van der Waals surface area contributed by atoms with Crippen molar-refractivity contribution in [2.45, 2.75) is 57.1 Å². The van der Waals surface area contributed by atoms with E-state index < -0.39 is 0 Å². The van der Waals surface area contributed by atoms with Gasteiger partial charge in [0.1, 0.15) is 0 Å². The molecule has 2 heterocycles. The van der Waals surface area contributed by atoms with Crippen LogP contribution >= 0.6 is 0 Å². The average molecular weight is 436 g/mol. The Kier molecular flexibility index (Phi) is 6.60. The van der Waals surface area contributed by atoms with Gasteiger partial charge >= 0.3 is 0 Å². The molecule has 32 heavy (non-hydrogen) atoms. The molecule has 0 radical (unpaired) electrons. The van der Waals surface area contributed by atoms with E-state index in [1.54, 1.807) is 31.6 Å². The number of amides is 2. The van der Waals surface area contributed by atoms with Crippen molar-refractivity contribution >= 4 is 11.8 Å². The van der Waals surface area contributed by atoms with Gasteiger partial charge in [0, 0.05) is 50.0 Å². The number of fused-ring (bicyclic) bond motifs is 2. The van der Waals surface area contributed by atoms with Crippen molar-refractivity contribution in [3.63, 3.8) is 0 Å². The Hall–Kier alpha value is -2.73. The number of carbonyl (C=O) groups excluding carboxylic acids is 2. The van der Waals surface area contributed by atoms with E-state index in [9.17, 15) is 9.59 Å². The van der Waals surface area contributed by atoms with Crippen LogP contribution in [0.25, 0.3) is 0 Å². The van der Waals surface area contributed by atoms with Crippen LogP contribution in [0.2, 0.25) is 0 Å². The molecule has 170 valence electrons. The lowest BCUT2D eigenvalue weighted by Gasteiger charge is -2.44. The molecule has 4 rings (SSSR count). The first kappa shape index (κ1) is 22.5. The summed E-state index contributed by atoms with van der Waals surface area (Å²) < 4.78 is 6.08. The molecule has 2 atom stereocenters. The Morgan fingerprint density at radius 1 is 1.16 bits per heavy atom. The molecule has 2 amide bonds. The fourth-order valence-electron chi connectivity index (χ4n) is 5.38. The number of ether oxygens (including phenoxy) is 1. The highest BCUT2D eigenvalue weighted by molar-refractivity contribution is 5.94. The minimum absolute atomic E-state index is 0.132. The zero-order chi connectivity index (χ0) is 22.7. The van der Waals surface area contributed by atoms with Crippen molar-refractivity contribution in [1.29, 1.82) is 0 Å². The Balaban J connectivity index is 1.56. The van der Waals surface area contributed by atoms with Gasteiger partial charge in [0.2, 0.25) is 5.91 Å². The van der Waals surface area contributed by atoms with Gasteiger partial charge in [0.05, 0.1) is 12.1 Å². The van der Waals surface area contributed by atoms with Crippen LogP contribution in [0.1, 0.15) is 67.1 Å². The summed E-state index contributed by atoms with van der Waals surface area (Å²) in [5.74, 6) is 0.642. The third-order valence-corrected chi connectivity index (χ3v) is 7.11. The Labute approximate surface area is 190 Å². The van der Waals surface area contributed by atoms with E-state index >= 15 is 0 Å². The number of rotatable bonds is 6. The number of nitrogens with zero attached hydrogens (tertiary/aromatic N) is 2. The fourth-order valence-corrected chi connectivity index (χ4v) is 5.38. The SMILES string of the molecule is CO[C@H]1[C@H](NC(=O)c2ccncc2)c2ccccc2C12CCN(C(=O)CCC(C)C)CC2. The Morgan fingerprint density at radius 2 is 1.84 bits per heavy atom. The van der Waals surface area contributed by atoms with Crippen LogP contribution in [0.4, 0.5) is 0 Å². The molecule has 2 aliphatic rings. The zero-order valence-corrected chi connectivity index (χ0v) is 19.2. The lowest BCUT2D eigenvalue weighted by molar-refractivity contribution is -0.134. The highest BCUT2D eigenvalue weighted by atomic mass is 16.5. The molecule has 1 saturated heterocycles. The van der Waals surface area contributed by atoms with Crippen molar-refractivity contribution in [3.8, 4) is 0 Å². The van der Waals surface area contributed by atoms with Gasteiger partial charge in [-0.25, -0.2) is 0 Å². The minimum Gasteiger partial charge on any atom is -0.378 e. The molecular weight excluding hydrogens is 402 g/mol. The summed E-state index contributed by atoms with van der Waals surface area (Å²) in [5, 5.41) is 3.22. The van der Waals surface area contributed by atoms with Gasteiger partial charge in [-0.3, -0.25) is 14.6 Å². The maximum atomic E-state index is 13.0. The molecule has 1 aromatic heterocycles. The number of methoxy groups -OCH3 is 1. The van der Waals surface area contributed by atoms with Gasteiger partial charge in [0.25, 0.3) is 5.91 Å². The summed E-state index contributed by atoms with van der Waals surface area (Å²) in [7, 11) is 1.73. The zero-order valence-electron chi connectivity index (χ0n) is 19.2. The molecule has 1 aliphatic heterocycles. The summed E-state index contributed by atoms with van der Waals surface area (Å²) in [6, 6.07) is 11.5. The maximum absolute atomic E-state index is 13.0. The van der Waals surface area contributed by atoms with Crippen molar-refractivity contribution < 1.29 is 14.3 Å². The van der Waals surface area contributed by atoms with Gasteiger partial charge < -0.3 is 15.0 Å². The number of piperidine rings is 1. The van der Waals surface area contributed by atoms with E-state index in [1.807, 2.05) is 11.0 Å². The largest absolute Gasteiger partial charge is 0.378 e. The van der Waals surface area contributed by atoms with Gasteiger partial charge in [-0.2, -0.15) is 0 Å². The monoisotopic (exact) mass is 435 g/mol. The summed E-state index contributed by atoms with van der Waals surface area (Å²) in [5.41, 5.74) is 2.72. The summed E-state index contributed by atoms with van der Waals surface area (Å²) in [6.07, 6.45) is 6.26. The second kappa shape index (κ2) is 9.41. The molecule has 1 N–H and O–H groups in total. The smallest absolute Gasteiger partial charge is 0.251 e. The number of carbonyl (C=O) groups is 2. The van der Waals surface area contributed by atoms with Gasteiger partial charge in [-0.1, -0.05) is 38.1 Å². The topological polar surface area (TPSA) is 71.5 Å². The van der Waals surface area contributed by atoms with Crippen molar-refractivity contribution in [2.24, 2.45) is 5.92 Å². The van der Waals surface area contributed by atoms with Crippen LogP contribution in [-0.4, -0.2) is 48.0 Å². The Bertz CT molecular complexity index is 952. The van der Waals surface area contributed by atoms with E-state index in [4.69, 9.17) is 4.74 Å². The quantitative estimate of drug-likeness (QED) is 0.748. The number of hydrogen-bond acceptors (Lipinski definition) is 4. The van der Waals surface area contributed by atoms with E-state index in [0.717, 1.165) is 37.9 Å². The molecule has 6 heteroatoms. The number of hydrogen-bond donors (Lipinski definition) is 1. The fraction of sp³-hybridized carbons (Fsp3) is 0.500. The van der Waals surface area contributed by atoms with Gasteiger partial charge in [0.15, 0.2) is 0 Å². The molecule has 1 aromatic carbocycles. The maximum Gasteiger partial charge on any atom is 0.251 e. The highest BCUT2D eigenvalue weighted by Gasteiger charge is 2.54. The summed E-state index contributed by atoms with van der Waals surface area (Å²) in [4.78, 5) is 31.7. The molecule has 1 aliphatic carbocycles. The standard InChI is InChI=1S/C26H33N3O3/c1-18(2)8-9-22(30)29-16-12-26(13-17-29)21-7-5-4-6-20(21)23(24(26)32-3)28-25(31)19-10-14-27-15-11-19/h4-7,10-11,14-15,18,23-24H,8-9,12-13,16-17H2,1-3H3,(H,28,31)/t23-,24+/m1/s1. The molecule has 2 aromatic rings. The van der Waals surface area contributed by atoms with Crippen LogP contribution in [0.3, 0.4) is 0 Å². The normalized spacial score (nSPS) is 21.6. The molecule has 6 nitrogen and oxygen atoms in total. The first-order chi connectivity index (χ1) is 15.5. The predicted molar refractivity (Wildman–Crippen MR) is 123 cm³/mol. The average Bonchev–Trinajstić information content (AvgIpc) is 3.07. The van der Waals surface area contributed by atoms with E-state index in [0.29, 0.717) is 17.9 Å². The lowest BCUT2D eigenvalue weighted by atomic mass is 9.71. The molecular formula is C26H33N3O3. The van der Waals surface area contributed by atoms with Gasteiger partial charge in [-0.15, -0.1) is 0 Å². The second-order valence-corrected chi connectivity index (χ2v) is 9.40. The number of nitrogens with one attached hydrogen (secondary N) is 1. The van der Waals surface area contributed by atoms with Crippen molar-refractivity contribution in [1.82, 2.24) is 15.2 Å². The van der Waals surface area contributed by atoms with Crippen LogP contribution < -0.4 is 5.32 Å². The number of likely N-dealkylation sites (tertiary alicyclic amines) is 1. The van der Waals surface area contributed by atoms with Crippen LogP contribution in [0, 0.1) is 5.92 Å². The predicted octanol–water partition coefficient (Wildman–Crippen LogP) is 3.88. The molecule has 0 saturated carbocycles. The van der Waals surface area contributed by atoms with E-state index in [1.165, 1.54) is 5.56 Å². The first-order valence-corrected chi connectivity index (χ1v) is 11.6. The van der Waals surface area contributed by atoms with Crippen LogP contribution in [0.15, 0.2) is 48.8 Å². The third kappa shape index (κ3) is 4.16. The molecule has 0 bridgehead atoms. The van der Waals surface area contributed by atoms with Gasteiger partial charge in [-0.05, 0) is 48.4 Å². The molecule has 0 unspecified atom stereocenters. The summed E-state index contributed by atoms with van der Waals surface area (Å²) >= 11 is 0. The Morgan fingerprint density at radius 3 is 2.50 bits per heavy atom. The molecule has 1 spiro atoms. The summed E-state index contributed by atoms with van der Waals surface area (Å²) in [6.45, 7) is 5.74. The molecule has 1 fully saturated rings. The third-order valence-electron chi connectivity index (χ3n) is 7.11. The van der Waals surface area contributed by atoms with E-state index in [-0.39, 0.29) is 29.4 Å². The van der Waals surface area contributed by atoms with E-state index in [2.05, 4.69) is 42.3 Å². The van der Waals surface area contributed by atoms with Crippen LogP contribution in [-0.2, 0) is 14.9 Å². The van der Waals surface area contributed by atoms with Crippen molar-refractivity contribution in [3.05, 3.63) is 65.5 Å². The highest BCUT2D eigenvalue weighted by Crippen LogP contribution is 2.52. The number of aromatic nitrogens is 1. The van der Waals surface area contributed by atoms with Crippen LogP contribution in [0.5, 0.6) is 0 Å².